The standard InChI is InChI=1S/C12H20N2O2S/c1-8-7-11(10(3)16-8)9(2)14-12(17)13-5-6-15-4/h7,9H,5-6H2,1-4H3,(H2,13,14,17). The number of nitrogens with one attached hydrogen (secondary N) is 2. The molecule has 0 amide bonds. The van der Waals surface area contributed by atoms with Crippen LogP contribution >= 0.6 is 12.2 Å². The summed E-state index contributed by atoms with van der Waals surface area (Å²) in [4.78, 5) is 0. The van der Waals surface area contributed by atoms with E-state index in [2.05, 4.69) is 17.6 Å². The van der Waals surface area contributed by atoms with Gasteiger partial charge in [0.2, 0.25) is 0 Å². The van der Waals surface area contributed by atoms with Crippen LogP contribution < -0.4 is 10.6 Å². The van der Waals surface area contributed by atoms with Crippen molar-refractivity contribution in [2.24, 2.45) is 0 Å². The van der Waals surface area contributed by atoms with E-state index >= 15 is 0 Å². The molecule has 0 aliphatic carbocycles. The first-order valence-corrected chi connectivity index (χ1v) is 6.05. The van der Waals surface area contributed by atoms with Crippen molar-refractivity contribution in [1.29, 1.82) is 0 Å². The van der Waals surface area contributed by atoms with Crippen molar-refractivity contribution in [2.75, 3.05) is 20.3 Å². The van der Waals surface area contributed by atoms with E-state index in [1.54, 1.807) is 7.11 Å². The molecule has 0 aliphatic heterocycles. The topological polar surface area (TPSA) is 46.4 Å². The number of thiocarbonyl (C=S) groups is 1. The first-order chi connectivity index (χ1) is 8.04. The summed E-state index contributed by atoms with van der Waals surface area (Å²) in [5, 5.41) is 6.92. The van der Waals surface area contributed by atoms with Crippen molar-refractivity contribution in [1.82, 2.24) is 10.6 Å². The van der Waals surface area contributed by atoms with E-state index in [4.69, 9.17) is 21.4 Å². The fourth-order valence-electron chi connectivity index (χ4n) is 1.67. The number of aryl methyl sites for hydroxylation is 2. The Morgan fingerprint density at radius 1 is 1.53 bits per heavy atom. The third-order valence-corrected chi connectivity index (χ3v) is 2.75. The molecule has 17 heavy (non-hydrogen) atoms. The first kappa shape index (κ1) is 14.0. The molecule has 0 aromatic carbocycles. The average Bonchev–Trinajstić information content (AvgIpc) is 2.58. The summed E-state index contributed by atoms with van der Waals surface area (Å²) in [6.07, 6.45) is 0. The van der Waals surface area contributed by atoms with Crippen molar-refractivity contribution in [3.63, 3.8) is 0 Å². The molecule has 0 saturated heterocycles. The van der Waals surface area contributed by atoms with E-state index < -0.39 is 0 Å². The van der Waals surface area contributed by atoms with E-state index in [0.717, 1.165) is 17.1 Å². The lowest BCUT2D eigenvalue weighted by atomic mass is 10.1. The van der Waals surface area contributed by atoms with Crippen LogP contribution in [-0.2, 0) is 4.74 Å². The van der Waals surface area contributed by atoms with Crippen LogP contribution in [0.2, 0.25) is 0 Å². The van der Waals surface area contributed by atoms with Crippen LogP contribution in [0.4, 0.5) is 0 Å². The Morgan fingerprint density at radius 2 is 2.24 bits per heavy atom. The van der Waals surface area contributed by atoms with E-state index in [0.29, 0.717) is 18.3 Å². The van der Waals surface area contributed by atoms with Gasteiger partial charge in [-0.1, -0.05) is 0 Å². The maximum atomic E-state index is 5.49. The maximum Gasteiger partial charge on any atom is 0.166 e. The monoisotopic (exact) mass is 256 g/mol. The molecule has 1 unspecified atom stereocenters. The maximum absolute atomic E-state index is 5.49. The fourth-order valence-corrected chi connectivity index (χ4v) is 1.95. The zero-order valence-electron chi connectivity index (χ0n) is 10.8. The predicted octanol–water partition coefficient (Wildman–Crippen LogP) is 2.07. The second kappa shape index (κ2) is 6.61. The van der Waals surface area contributed by atoms with E-state index in [9.17, 15) is 0 Å². The minimum absolute atomic E-state index is 0.134. The summed E-state index contributed by atoms with van der Waals surface area (Å²) in [7, 11) is 1.67. The highest BCUT2D eigenvalue weighted by Gasteiger charge is 2.13. The van der Waals surface area contributed by atoms with Crippen molar-refractivity contribution >= 4 is 17.3 Å². The lowest BCUT2D eigenvalue weighted by Crippen LogP contribution is -2.38. The van der Waals surface area contributed by atoms with Crippen molar-refractivity contribution in [3.8, 4) is 0 Å². The summed E-state index contributed by atoms with van der Waals surface area (Å²) in [6.45, 7) is 7.31. The minimum Gasteiger partial charge on any atom is -0.466 e. The van der Waals surface area contributed by atoms with Crippen LogP contribution in [0.5, 0.6) is 0 Å². The summed E-state index contributed by atoms with van der Waals surface area (Å²) in [5.41, 5.74) is 1.14. The molecule has 0 saturated carbocycles. The van der Waals surface area contributed by atoms with Gasteiger partial charge in [-0.15, -0.1) is 0 Å². The molecule has 1 rings (SSSR count). The van der Waals surface area contributed by atoms with Crippen molar-refractivity contribution < 1.29 is 9.15 Å². The molecule has 96 valence electrons. The van der Waals surface area contributed by atoms with Gasteiger partial charge in [0, 0.05) is 19.2 Å². The van der Waals surface area contributed by atoms with Crippen molar-refractivity contribution in [2.45, 2.75) is 26.8 Å². The van der Waals surface area contributed by atoms with Gasteiger partial charge in [0.15, 0.2) is 5.11 Å². The second-order valence-corrected chi connectivity index (χ2v) is 4.39. The molecule has 2 N–H and O–H groups in total. The SMILES string of the molecule is COCCNC(=S)NC(C)c1cc(C)oc1C. The van der Waals surface area contributed by atoms with Crippen LogP contribution in [0, 0.1) is 13.8 Å². The highest BCUT2D eigenvalue weighted by atomic mass is 32.1. The number of rotatable bonds is 5. The van der Waals surface area contributed by atoms with E-state index in [1.165, 1.54) is 0 Å². The molecule has 4 nitrogen and oxygen atoms in total. The van der Waals surface area contributed by atoms with Gasteiger partial charge < -0.3 is 19.8 Å². The van der Waals surface area contributed by atoms with Gasteiger partial charge in [0.25, 0.3) is 0 Å². The number of hydrogen-bond acceptors (Lipinski definition) is 3. The first-order valence-electron chi connectivity index (χ1n) is 5.64. The van der Waals surface area contributed by atoms with Crippen LogP contribution in [0.25, 0.3) is 0 Å². The van der Waals surface area contributed by atoms with Crippen LogP contribution in [0.15, 0.2) is 10.5 Å². The Bertz CT molecular complexity index is 377. The fraction of sp³-hybridized carbons (Fsp3) is 0.583. The zero-order valence-corrected chi connectivity index (χ0v) is 11.6. The van der Waals surface area contributed by atoms with Gasteiger partial charge in [0.05, 0.1) is 12.6 Å². The third-order valence-electron chi connectivity index (χ3n) is 2.49. The van der Waals surface area contributed by atoms with Crippen molar-refractivity contribution in [3.05, 3.63) is 23.2 Å². The number of ether oxygens (including phenoxy) is 1. The van der Waals surface area contributed by atoms with Gasteiger partial charge in [-0.2, -0.15) is 0 Å². The lowest BCUT2D eigenvalue weighted by Gasteiger charge is -2.16. The Balaban J connectivity index is 2.46. The smallest absolute Gasteiger partial charge is 0.166 e. The largest absolute Gasteiger partial charge is 0.466 e. The average molecular weight is 256 g/mol. The van der Waals surface area contributed by atoms with Gasteiger partial charge in [-0.05, 0) is 39.1 Å². The normalized spacial score (nSPS) is 12.2. The van der Waals surface area contributed by atoms with Crippen LogP contribution in [0.1, 0.15) is 30.0 Å². The van der Waals surface area contributed by atoms with E-state index in [1.807, 2.05) is 19.9 Å². The molecule has 5 heteroatoms. The highest BCUT2D eigenvalue weighted by molar-refractivity contribution is 7.80. The lowest BCUT2D eigenvalue weighted by molar-refractivity contribution is 0.204. The summed E-state index contributed by atoms with van der Waals surface area (Å²) in [5.74, 6) is 1.85. The Morgan fingerprint density at radius 3 is 2.76 bits per heavy atom. The molecule has 1 atom stereocenters. The predicted molar refractivity (Wildman–Crippen MR) is 72.2 cm³/mol. The summed E-state index contributed by atoms with van der Waals surface area (Å²) in [6, 6.07) is 2.17. The van der Waals surface area contributed by atoms with Gasteiger partial charge in [-0.3, -0.25) is 0 Å². The molecule has 0 spiro atoms. The molecule has 0 radical (unpaired) electrons. The molecule has 1 aromatic heterocycles. The molecule has 0 fully saturated rings. The minimum atomic E-state index is 0.134. The summed E-state index contributed by atoms with van der Waals surface area (Å²) < 4.78 is 10.4. The van der Waals surface area contributed by atoms with Crippen LogP contribution in [-0.4, -0.2) is 25.4 Å². The molecule has 1 aromatic rings. The zero-order chi connectivity index (χ0) is 12.8. The van der Waals surface area contributed by atoms with Crippen LogP contribution in [0.3, 0.4) is 0 Å². The number of furan rings is 1. The third kappa shape index (κ3) is 4.36. The molecule has 0 bridgehead atoms. The second-order valence-electron chi connectivity index (χ2n) is 3.98. The van der Waals surface area contributed by atoms with Gasteiger partial charge in [0.1, 0.15) is 11.5 Å². The Kier molecular flexibility index (Phi) is 5.44. The molecular weight excluding hydrogens is 236 g/mol. The molecule has 1 heterocycles. The quantitative estimate of drug-likeness (QED) is 0.624. The number of hydrogen-bond donors (Lipinski definition) is 2. The Hall–Kier alpha value is -1.07. The molecular formula is C12H20N2O2S. The highest BCUT2D eigenvalue weighted by Crippen LogP contribution is 2.20. The van der Waals surface area contributed by atoms with Gasteiger partial charge in [-0.25, -0.2) is 0 Å². The Labute approximate surface area is 108 Å². The number of methoxy groups -OCH3 is 1. The van der Waals surface area contributed by atoms with E-state index in [-0.39, 0.29) is 6.04 Å². The summed E-state index contributed by atoms with van der Waals surface area (Å²) >= 11 is 5.19. The van der Waals surface area contributed by atoms with Gasteiger partial charge >= 0.3 is 0 Å². The molecule has 0 aliphatic rings.